The topological polar surface area (TPSA) is 100 Å². The van der Waals surface area contributed by atoms with Crippen LogP contribution in [0, 0.1) is 5.82 Å². The number of phenolic OH excluding ortho intramolecular Hbond substituents is 1. The van der Waals surface area contributed by atoms with Crippen LogP contribution in [0.15, 0.2) is 26.6 Å². The number of benzene rings is 1. The van der Waals surface area contributed by atoms with E-state index in [1.807, 2.05) is 0 Å². The Hall–Kier alpha value is -1.83. The van der Waals surface area contributed by atoms with E-state index in [2.05, 4.69) is 25.9 Å². The number of rotatable bonds is 1. The van der Waals surface area contributed by atoms with E-state index in [1.54, 1.807) is 4.90 Å². The van der Waals surface area contributed by atoms with Crippen LogP contribution in [0.3, 0.4) is 0 Å². The predicted octanol–water partition coefficient (Wildman–Crippen LogP) is 2.40. The summed E-state index contributed by atoms with van der Waals surface area (Å²) in [5.41, 5.74) is 11.2. The standard InChI is InChI=1S/C14H17BrFN5O/c15-8-6-9(16)10(7-11(8)22)21-13(18)19-12(17)20-14(21)4-2-1-3-5-14/h6-7,22H,1-5H2,(H4,17,18,19,20). The summed E-state index contributed by atoms with van der Waals surface area (Å²) < 4.78 is 14.7. The monoisotopic (exact) mass is 369 g/mol. The number of phenols is 1. The number of anilines is 1. The van der Waals surface area contributed by atoms with Crippen molar-refractivity contribution in [2.45, 2.75) is 37.8 Å². The van der Waals surface area contributed by atoms with Gasteiger partial charge in [0.25, 0.3) is 0 Å². The highest BCUT2D eigenvalue weighted by molar-refractivity contribution is 9.10. The van der Waals surface area contributed by atoms with Crippen molar-refractivity contribution >= 4 is 33.5 Å². The molecular formula is C14H17BrFN5O. The molecule has 1 fully saturated rings. The minimum absolute atomic E-state index is 0.0716. The molecule has 0 atom stereocenters. The second-order valence-electron chi connectivity index (χ2n) is 5.57. The summed E-state index contributed by atoms with van der Waals surface area (Å²) in [7, 11) is 0. The summed E-state index contributed by atoms with van der Waals surface area (Å²) in [6.45, 7) is 0. The molecule has 1 aromatic rings. The summed E-state index contributed by atoms with van der Waals surface area (Å²) in [5, 5.41) is 9.90. The van der Waals surface area contributed by atoms with Gasteiger partial charge in [-0.1, -0.05) is 6.42 Å². The van der Waals surface area contributed by atoms with Gasteiger partial charge in [0.15, 0.2) is 0 Å². The van der Waals surface area contributed by atoms with Gasteiger partial charge in [-0.3, -0.25) is 4.90 Å². The van der Waals surface area contributed by atoms with Gasteiger partial charge in [0.2, 0.25) is 11.9 Å². The molecule has 1 aromatic carbocycles. The Bertz CT molecular complexity index is 669. The Morgan fingerprint density at radius 3 is 2.59 bits per heavy atom. The maximum Gasteiger partial charge on any atom is 0.220 e. The zero-order valence-corrected chi connectivity index (χ0v) is 13.5. The molecule has 1 aliphatic carbocycles. The minimum atomic E-state index is -0.727. The first-order valence-corrected chi connectivity index (χ1v) is 7.90. The van der Waals surface area contributed by atoms with E-state index in [4.69, 9.17) is 11.5 Å². The lowest BCUT2D eigenvalue weighted by Crippen LogP contribution is -2.58. The molecule has 1 saturated carbocycles. The zero-order valence-electron chi connectivity index (χ0n) is 11.9. The largest absolute Gasteiger partial charge is 0.507 e. The summed E-state index contributed by atoms with van der Waals surface area (Å²) >= 11 is 3.10. The van der Waals surface area contributed by atoms with Crippen molar-refractivity contribution in [1.82, 2.24) is 0 Å². The molecule has 6 nitrogen and oxygen atoms in total. The first-order valence-electron chi connectivity index (χ1n) is 7.11. The quantitative estimate of drug-likeness (QED) is 0.707. The fourth-order valence-corrected chi connectivity index (χ4v) is 3.48. The second kappa shape index (κ2) is 5.42. The molecule has 2 aliphatic rings. The van der Waals surface area contributed by atoms with E-state index in [9.17, 15) is 9.50 Å². The van der Waals surface area contributed by atoms with Crippen molar-refractivity contribution in [3.63, 3.8) is 0 Å². The van der Waals surface area contributed by atoms with Crippen LogP contribution in [-0.2, 0) is 0 Å². The SMILES string of the molecule is NC1=NC2(CCCCC2)N(c2cc(O)c(Br)cc2F)C(N)=N1. The average molecular weight is 370 g/mol. The highest BCUT2D eigenvalue weighted by Crippen LogP contribution is 2.42. The number of halogens is 2. The number of hydrogen-bond donors (Lipinski definition) is 3. The molecule has 0 aromatic heterocycles. The van der Waals surface area contributed by atoms with Gasteiger partial charge < -0.3 is 16.6 Å². The number of nitrogens with two attached hydrogens (primary N) is 2. The number of hydrogen-bond acceptors (Lipinski definition) is 6. The summed E-state index contributed by atoms with van der Waals surface area (Å²) in [6.07, 6.45) is 4.41. The molecule has 1 heterocycles. The van der Waals surface area contributed by atoms with Gasteiger partial charge in [0.1, 0.15) is 17.2 Å². The Morgan fingerprint density at radius 1 is 1.23 bits per heavy atom. The van der Waals surface area contributed by atoms with Crippen molar-refractivity contribution in [2.24, 2.45) is 21.5 Å². The van der Waals surface area contributed by atoms with E-state index in [-0.39, 0.29) is 27.8 Å². The van der Waals surface area contributed by atoms with Gasteiger partial charge in [-0.05, 0) is 47.7 Å². The average Bonchev–Trinajstić information content (AvgIpc) is 2.44. The predicted molar refractivity (Wildman–Crippen MR) is 87.3 cm³/mol. The van der Waals surface area contributed by atoms with Crippen LogP contribution in [0.2, 0.25) is 0 Å². The first kappa shape index (κ1) is 15.1. The second-order valence-corrected chi connectivity index (χ2v) is 6.43. The van der Waals surface area contributed by atoms with Crippen molar-refractivity contribution in [2.75, 3.05) is 4.90 Å². The summed E-state index contributed by atoms with van der Waals surface area (Å²) in [6, 6.07) is 2.53. The van der Waals surface area contributed by atoms with Crippen LogP contribution < -0.4 is 16.4 Å². The normalized spacial score (nSPS) is 20.7. The lowest BCUT2D eigenvalue weighted by atomic mass is 9.87. The van der Waals surface area contributed by atoms with Gasteiger partial charge in [-0.2, -0.15) is 4.99 Å². The molecule has 0 radical (unpaired) electrons. The molecule has 118 valence electrons. The molecule has 5 N–H and O–H groups in total. The molecule has 0 bridgehead atoms. The molecule has 0 amide bonds. The third kappa shape index (κ3) is 2.41. The van der Waals surface area contributed by atoms with Gasteiger partial charge in [0.05, 0.1) is 10.2 Å². The van der Waals surface area contributed by atoms with E-state index < -0.39 is 11.5 Å². The Labute approximate surface area is 135 Å². The third-order valence-electron chi connectivity index (χ3n) is 4.11. The fraction of sp³-hybridized carbons (Fsp3) is 0.429. The highest BCUT2D eigenvalue weighted by Gasteiger charge is 2.43. The van der Waals surface area contributed by atoms with E-state index in [0.29, 0.717) is 12.8 Å². The summed E-state index contributed by atoms with van der Waals surface area (Å²) in [4.78, 5) is 10.00. The van der Waals surface area contributed by atoms with Gasteiger partial charge in [0, 0.05) is 6.07 Å². The lowest BCUT2D eigenvalue weighted by Gasteiger charge is -2.45. The Balaban J connectivity index is 2.14. The van der Waals surface area contributed by atoms with Gasteiger partial charge in [-0.25, -0.2) is 9.38 Å². The zero-order chi connectivity index (χ0) is 15.9. The Morgan fingerprint density at radius 2 is 1.91 bits per heavy atom. The molecule has 0 unspecified atom stereocenters. The molecule has 22 heavy (non-hydrogen) atoms. The minimum Gasteiger partial charge on any atom is -0.507 e. The van der Waals surface area contributed by atoms with E-state index in [0.717, 1.165) is 19.3 Å². The maximum atomic E-state index is 14.5. The van der Waals surface area contributed by atoms with Gasteiger partial charge in [-0.15, -0.1) is 0 Å². The van der Waals surface area contributed by atoms with Crippen LogP contribution in [-0.4, -0.2) is 22.7 Å². The molecule has 0 saturated heterocycles. The highest BCUT2D eigenvalue weighted by atomic mass is 79.9. The van der Waals surface area contributed by atoms with Crippen molar-refractivity contribution in [3.8, 4) is 5.75 Å². The smallest absolute Gasteiger partial charge is 0.220 e. The van der Waals surface area contributed by atoms with Crippen LogP contribution in [0.25, 0.3) is 0 Å². The molecule has 1 spiro atoms. The number of aliphatic imine (C=N–C) groups is 2. The van der Waals surface area contributed by atoms with E-state index in [1.165, 1.54) is 12.1 Å². The first-order chi connectivity index (χ1) is 10.4. The third-order valence-corrected chi connectivity index (χ3v) is 4.74. The lowest BCUT2D eigenvalue weighted by molar-refractivity contribution is 0.303. The van der Waals surface area contributed by atoms with Crippen LogP contribution in [0.5, 0.6) is 5.75 Å². The molecule has 3 rings (SSSR count). The fourth-order valence-electron chi connectivity index (χ4n) is 3.17. The van der Waals surface area contributed by atoms with Crippen molar-refractivity contribution < 1.29 is 9.50 Å². The van der Waals surface area contributed by atoms with Crippen LogP contribution >= 0.6 is 15.9 Å². The molecular weight excluding hydrogens is 353 g/mol. The van der Waals surface area contributed by atoms with Crippen LogP contribution in [0.4, 0.5) is 10.1 Å². The van der Waals surface area contributed by atoms with Crippen molar-refractivity contribution in [1.29, 1.82) is 0 Å². The number of aromatic hydroxyl groups is 1. The maximum absolute atomic E-state index is 14.5. The van der Waals surface area contributed by atoms with Gasteiger partial charge >= 0.3 is 0 Å². The number of guanidine groups is 2. The van der Waals surface area contributed by atoms with Crippen molar-refractivity contribution in [3.05, 3.63) is 22.4 Å². The summed E-state index contributed by atoms with van der Waals surface area (Å²) in [5.74, 6) is -0.381. The number of nitrogens with zero attached hydrogens (tertiary/aromatic N) is 3. The van der Waals surface area contributed by atoms with Crippen LogP contribution in [0.1, 0.15) is 32.1 Å². The molecule has 1 aliphatic heterocycles. The Kier molecular flexibility index (Phi) is 3.72. The van der Waals surface area contributed by atoms with E-state index >= 15 is 0 Å². The molecule has 8 heteroatoms.